The fourth-order valence-electron chi connectivity index (χ4n) is 20.3. The third-order valence-electron chi connectivity index (χ3n) is 26.0. The highest BCUT2D eigenvalue weighted by Crippen LogP contribution is 2.56. The molecule has 23 aromatic rings. The van der Waals surface area contributed by atoms with Crippen LogP contribution in [0.25, 0.3) is 201 Å². The Kier molecular flexibility index (Phi) is 14.5. The van der Waals surface area contributed by atoms with Crippen LogP contribution in [0, 0.1) is 0 Å². The second kappa shape index (κ2) is 25.1. The molecule has 0 spiro atoms. The Morgan fingerprint density at radius 2 is 0.675 bits per heavy atom. The molecule has 0 bridgehead atoms. The topological polar surface area (TPSA) is 66.6 Å². The highest BCUT2D eigenvalue weighted by atomic mass is 32.1. The number of nitrogens with zero attached hydrogens (tertiary/aromatic N) is 6. The third-order valence-corrected chi connectivity index (χ3v) is 28.4. The van der Waals surface area contributed by atoms with E-state index in [9.17, 15) is 0 Å². The molecule has 0 N–H and O–H groups in total. The molecule has 0 atom stereocenters. The number of hydrogen-bond donors (Lipinski definition) is 0. The minimum atomic E-state index is -0.133. The summed E-state index contributed by atoms with van der Waals surface area (Å²) in [5, 5.41) is 11.2. The van der Waals surface area contributed by atoms with Crippen LogP contribution in [-0.2, 0) is 16.2 Å². The van der Waals surface area contributed by atoms with Gasteiger partial charge in [0.25, 0.3) is 0 Å². The molecule has 0 amide bonds. The molecule has 7 nitrogen and oxygen atoms in total. The summed E-state index contributed by atoms with van der Waals surface area (Å²) in [5.74, 6) is 0. The number of pyridine rings is 3. The van der Waals surface area contributed by atoms with E-state index in [1.807, 2.05) is 65.5 Å². The summed E-state index contributed by atoms with van der Waals surface area (Å²) in [4.78, 5) is 14.7. The predicted octanol–water partition coefficient (Wildman–Crippen LogP) is 29.4. The van der Waals surface area contributed by atoms with E-state index in [4.69, 9.17) is 19.4 Å². The molecular weight excluding hydrogens is 1460 g/mol. The molecule has 26 rings (SSSR count). The average Bonchev–Trinajstić information content (AvgIpc) is 1.56. The number of furan rings is 1. The standard InChI is InChI=1S/C38H26N2O.C38H26N2S.C32H22N2S/c1-38(2)30-20-24(23-10-4-3-5-11-23)17-18-25(30)28-22-34-29(21-31(28)38)36-32(15-9-19-39-36)40(34)33-14-8-13-27-26-12-6-7-16-35(26)41-37(27)33;1-38(2)31-13-5-3-9-26(31)29-22-34-30(21-32(29)38)36-33(14-8-20-39-36)40(34)24-18-16-23(17-19-24)25-11-7-12-28-27-10-4-6-15-35(27)41-37(25)28;1-32(2)24-12-5-3-9-19(24)22-18-28-23(17-25(22)32)30-26(14-8-16-33-30)34(28)27-13-7-11-21-20-10-4-6-15-29(20)35-31(21)27/h2*3-22H,1-2H3;3-18H,1-2H3. The lowest BCUT2D eigenvalue weighted by molar-refractivity contribution is 0.661. The average molecular weight is 1540 g/mol. The lowest BCUT2D eigenvalue weighted by Gasteiger charge is -2.22. The lowest BCUT2D eigenvalue weighted by Crippen LogP contribution is -2.15. The van der Waals surface area contributed by atoms with Gasteiger partial charge in [-0.3, -0.25) is 15.0 Å². The summed E-state index contributed by atoms with van der Waals surface area (Å²) >= 11 is 3.76. The van der Waals surface area contributed by atoms with Crippen molar-refractivity contribution < 1.29 is 4.42 Å². The minimum Gasteiger partial charge on any atom is -0.454 e. The Labute approximate surface area is 682 Å². The van der Waals surface area contributed by atoms with Crippen molar-refractivity contribution in [1.29, 1.82) is 0 Å². The normalized spacial score (nSPS) is 13.9. The number of rotatable bonds is 5. The molecule has 14 aromatic carbocycles. The van der Waals surface area contributed by atoms with Crippen molar-refractivity contribution in [3.63, 3.8) is 0 Å². The second-order valence-corrected chi connectivity index (χ2v) is 35.4. The van der Waals surface area contributed by atoms with Crippen LogP contribution in [0.1, 0.15) is 74.9 Å². The fourth-order valence-corrected chi connectivity index (χ4v) is 22.7. The van der Waals surface area contributed by atoms with E-state index < -0.39 is 0 Å². The van der Waals surface area contributed by atoms with Gasteiger partial charge in [0.05, 0.1) is 65.7 Å². The Hall–Kier alpha value is -13.8. The molecule has 9 heterocycles. The van der Waals surface area contributed by atoms with Gasteiger partial charge in [-0.25, -0.2) is 0 Å². The monoisotopic (exact) mass is 1530 g/mol. The van der Waals surface area contributed by atoms with Gasteiger partial charge in [-0.2, -0.15) is 0 Å². The molecule has 9 heteroatoms. The van der Waals surface area contributed by atoms with Crippen molar-refractivity contribution in [2.75, 3.05) is 0 Å². The van der Waals surface area contributed by atoms with Crippen molar-refractivity contribution in [3.8, 4) is 72.7 Å². The maximum Gasteiger partial charge on any atom is 0.159 e. The van der Waals surface area contributed by atoms with Crippen molar-refractivity contribution in [2.45, 2.75) is 57.8 Å². The van der Waals surface area contributed by atoms with E-state index in [0.717, 1.165) is 77.3 Å². The van der Waals surface area contributed by atoms with Gasteiger partial charge in [0.15, 0.2) is 5.58 Å². The smallest absolute Gasteiger partial charge is 0.159 e. The number of para-hydroxylation sites is 2. The lowest BCUT2D eigenvalue weighted by atomic mass is 9.81. The van der Waals surface area contributed by atoms with E-state index in [-0.39, 0.29) is 16.2 Å². The van der Waals surface area contributed by atoms with Crippen LogP contribution < -0.4 is 0 Å². The van der Waals surface area contributed by atoms with Gasteiger partial charge in [0.2, 0.25) is 0 Å². The number of benzene rings is 14. The predicted molar refractivity (Wildman–Crippen MR) is 492 cm³/mol. The second-order valence-electron chi connectivity index (χ2n) is 33.3. The van der Waals surface area contributed by atoms with E-state index in [2.05, 4.69) is 352 Å². The van der Waals surface area contributed by atoms with Crippen LogP contribution in [0.15, 0.2) is 345 Å². The molecule has 9 aromatic heterocycles. The SMILES string of the molecule is CC1(C)c2cc(-c3ccccc3)ccc2-c2cc3c(cc21)c1ncccc1n3-c1cccc2c1oc1ccccc12.CC1(C)c2ccccc2-c2cc3c(cc21)c1ncccc1n3-c1ccc(-c2cccc3c2sc2ccccc23)cc1.CC1(C)c2ccccc2-c2cc3c(cc21)c1ncccc1n3-c1cccc2c1sc1ccccc12. The zero-order valence-corrected chi connectivity index (χ0v) is 66.9. The zero-order chi connectivity index (χ0) is 77.9. The van der Waals surface area contributed by atoms with Crippen molar-refractivity contribution in [1.82, 2.24) is 28.7 Å². The molecule has 0 saturated carbocycles. The first kappa shape index (κ1) is 67.7. The molecule has 117 heavy (non-hydrogen) atoms. The highest BCUT2D eigenvalue weighted by molar-refractivity contribution is 7.26. The first-order valence-corrected chi connectivity index (χ1v) is 42.0. The first-order valence-electron chi connectivity index (χ1n) is 40.4. The van der Waals surface area contributed by atoms with Crippen LogP contribution in [-0.4, -0.2) is 28.7 Å². The van der Waals surface area contributed by atoms with E-state index >= 15 is 0 Å². The van der Waals surface area contributed by atoms with Gasteiger partial charge in [-0.05, 0) is 210 Å². The van der Waals surface area contributed by atoms with Crippen LogP contribution in [0.3, 0.4) is 0 Å². The summed E-state index contributed by atoms with van der Waals surface area (Å²) in [7, 11) is 0. The van der Waals surface area contributed by atoms with E-state index in [1.165, 1.54) is 157 Å². The Balaban J connectivity index is 0.000000101. The molecule has 554 valence electrons. The molecule has 0 aliphatic heterocycles. The summed E-state index contributed by atoms with van der Waals surface area (Å²) in [6.07, 6.45) is 5.72. The van der Waals surface area contributed by atoms with Gasteiger partial charge < -0.3 is 18.1 Å². The maximum atomic E-state index is 6.50. The first-order chi connectivity index (χ1) is 57.3. The molecule has 3 aliphatic carbocycles. The maximum absolute atomic E-state index is 6.50. The number of thiophene rings is 2. The van der Waals surface area contributed by atoms with Gasteiger partial charge in [-0.15, -0.1) is 22.7 Å². The number of fused-ring (bicyclic) bond motifs is 27. The van der Waals surface area contributed by atoms with Crippen LogP contribution >= 0.6 is 22.7 Å². The van der Waals surface area contributed by atoms with E-state index in [0.29, 0.717) is 0 Å². The summed E-state index contributed by atoms with van der Waals surface area (Å²) in [6, 6.07) is 117. The van der Waals surface area contributed by atoms with Crippen molar-refractivity contribution in [2.24, 2.45) is 0 Å². The summed E-state index contributed by atoms with van der Waals surface area (Å²) < 4.78 is 19.0. The molecule has 0 radical (unpaired) electrons. The van der Waals surface area contributed by atoms with Crippen molar-refractivity contribution >= 4 is 151 Å². The molecule has 0 fully saturated rings. The van der Waals surface area contributed by atoms with Crippen LogP contribution in [0.4, 0.5) is 0 Å². The quantitative estimate of drug-likeness (QED) is 0.172. The molecule has 0 saturated heterocycles. The fraction of sp³-hybridized carbons (Fsp3) is 0.0833. The number of hydrogen-bond acceptors (Lipinski definition) is 6. The number of aromatic nitrogens is 6. The Morgan fingerprint density at radius 3 is 1.26 bits per heavy atom. The van der Waals surface area contributed by atoms with Crippen molar-refractivity contribution in [3.05, 3.63) is 373 Å². The third kappa shape index (κ3) is 9.82. The minimum absolute atomic E-state index is 0.0329. The summed E-state index contributed by atoms with van der Waals surface area (Å²) in [6.45, 7) is 14.1. The van der Waals surface area contributed by atoms with Gasteiger partial charge in [0.1, 0.15) is 5.58 Å². The Morgan fingerprint density at radius 1 is 0.256 bits per heavy atom. The molecule has 3 aliphatic rings. The summed E-state index contributed by atoms with van der Waals surface area (Å²) in [5.41, 5.74) is 36.3. The van der Waals surface area contributed by atoms with Gasteiger partial charge in [-0.1, -0.05) is 242 Å². The zero-order valence-electron chi connectivity index (χ0n) is 65.2. The van der Waals surface area contributed by atoms with Gasteiger partial charge in [0, 0.05) is 103 Å². The Bertz CT molecular complexity index is 8180. The molecule has 0 unspecified atom stereocenters. The largest absolute Gasteiger partial charge is 0.454 e. The molecular formula is C108H74N6OS2. The van der Waals surface area contributed by atoms with Gasteiger partial charge >= 0.3 is 0 Å². The van der Waals surface area contributed by atoms with Crippen LogP contribution in [0.2, 0.25) is 0 Å². The highest BCUT2D eigenvalue weighted by Gasteiger charge is 2.40. The van der Waals surface area contributed by atoms with Crippen LogP contribution in [0.5, 0.6) is 0 Å². The van der Waals surface area contributed by atoms with E-state index in [1.54, 1.807) is 0 Å².